The molecular weight excluding hydrogens is 164 g/mol. The second-order valence-electron chi connectivity index (χ2n) is 3.69. The summed E-state index contributed by atoms with van der Waals surface area (Å²) in [5.41, 5.74) is 6.84. The van der Waals surface area contributed by atoms with Crippen LogP contribution in [0.1, 0.15) is 26.0 Å². The molecule has 4 nitrogen and oxygen atoms in total. The molecule has 0 saturated heterocycles. The highest BCUT2D eigenvalue weighted by molar-refractivity contribution is 4.94. The van der Waals surface area contributed by atoms with Gasteiger partial charge in [0.05, 0.1) is 11.9 Å². The minimum Gasteiger partial charge on any atom is -0.327 e. The van der Waals surface area contributed by atoms with Gasteiger partial charge >= 0.3 is 0 Å². The van der Waals surface area contributed by atoms with Gasteiger partial charge < -0.3 is 5.73 Å². The summed E-state index contributed by atoms with van der Waals surface area (Å²) in [6.45, 7) is 4.33. The van der Waals surface area contributed by atoms with Crippen LogP contribution in [0, 0.1) is 5.92 Å². The fourth-order valence-corrected chi connectivity index (χ4v) is 1.33. The smallest absolute Gasteiger partial charge is 0.138 e. The first-order valence-electron chi connectivity index (χ1n) is 4.55. The maximum absolute atomic E-state index is 5.92. The minimum absolute atomic E-state index is 0.177. The highest BCUT2D eigenvalue weighted by Crippen LogP contribution is 2.06. The van der Waals surface area contributed by atoms with Crippen LogP contribution < -0.4 is 5.73 Å². The Morgan fingerprint density at radius 1 is 1.38 bits per heavy atom. The lowest BCUT2D eigenvalue weighted by Crippen LogP contribution is -2.25. The molecule has 0 amide bonds. The lowest BCUT2D eigenvalue weighted by Gasteiger charge is -2.12. The third-order valence-corrected chi connectivity index (χ3v) is 1.79. The summed E-state index contributed by atoms with van der Waals surface area (Å²) < 4.78 is 0. The second-order valence-corrected chi connectivity index (χ2v) is 3.69. The van der Waals surface area contributed by atoms with E-state index >= 15 is 0 Å². The highest BCUT2D eigenvalue weighted by Gasteiger charge is 2.07. The van der Waals surface area contributed by atoms with Gasteiger partial charge in [0.25, 0.3) is 0 Å². The summed E-state index contributed by atoms with van der Waals surface area (Å²) in [5.74, 6) is 0.629. The average molecular weight is 180 g/mol. The van der Waals surface area contributed by atoms with Crippen molar-refractivity contribution in [3.63, 3.8) is 0 Å². The lowest BCUT2D eigenvalue weighted by molar-refractivity contribution is 0.489. The summed E-state index contributed by atoms with van der Waals surface area (Å²) in [6, 6.07) is 0.177. The average Bonchev–Trinajstić information content (AvgIpc) is 2.04. The molecule has 1 heterocycles. The molecule has 1 aromatic rings. The Morgan fingerprint density at radius 2 is 2.15 bits per heavy atom. The van der Waals surface area contributed by atoms with E-state index in [-0.39, 0.29) is 6.04 Å². The molecule has 0 radical (unpaired) electrons. The van der Waals surface area contributed by atoms with Gasteiger partial charge in [-0.25, -0.2) is 4.98 Å². The number of hydrogen-bond acceptors (Lipinski definition) is 4. The predicted octanol–water partition coefficient (Wildman–Crippen LogP) is 0.787. The summed E-state index contributed by atoms with van der Waals surface area (Å²) in [5, 5.41) is 7.36. The molecule has 1 aromatic heterocycles. The molecule has 0 fully saturated rings. The van der Waals surface area contributed by atoms with Crippen molar-refractivity contribution in [3.8, 4) is 0 Å². The van der Waals surface area contributed by atoms with Crippen LogP contribution in [0.15, 0.2) is 12.5 Å². The Kier molecular flexibility index (Phi) is 3.76. The molecular formula is C9H16N4. The first-order chi connectivity index (χ1) is 6.18. The van der Waals surface area contributed by atoms with Crippen molar-refractivity contribution in [2.75, 3.05) is 0 Å². The summed E-state index contributed by atoms with van der Waals surface area (Å²) in [4.78, 5) is 4.07. The molecule has 72 valence electrons. The monoisotopic (exact) mass is 180 g/mol. The molecule has 0 aliphatic rings. The lowest BCUT2D eigenvalue weighted by atomic mass is 10.0. The van der Waals surface area contributed by atoms with Crippen molar-refractivity contribution in [1.29, 1.82) is 0 Å². The number of nitrogens with two attached hydrogens (primary N) is 1. The Hall–Kier alpha value is -1.03. The van der Waals surface area contributed by atoms with Crippen LogP contribution in [0.5, 0.6) is 0 Å². The van der Waals surface area contributed by atoms with Crippen LogP contribution in [0.4, 0.5) is 0 Å². The number of rotatable bonds is 4. The molecule has 1 atom stereocenters. The normalized spacial score (nSPS) is 13.2. The molecule has 0 aliphatic carbocycles. The molecule has 0 aromatic carbocycles. The van der Waals surface area contributed by atoms with Gasteiger partial charge in [-0.15, -0.1) is 5.10 Å². The summed E-state index contributed by atoms with van der Waals surface area (Å²) in [6.07, 6.45) is 4.93. The van der Waals surface area contributed by atoms with Crippen LogP contribution >= 0.6 is 0 Å². The largest absolute Gasteiger partial charge is 0.327 e. The molecule has 13 heavy (non-hydrogen) atoms. The van der Waals surface area contributed by atoms with E-state index in [0.717, 1.165) is 18.5 Å². The fraction of sp³-hybridized carbons (Fsp3) is 0.667. The van der Waals surface area contributed by atoms with Crippen LogP contribution in [0.2, 0.25) is 0 Å². The topological polar surface area (TPSA) is 64.7 Å². The van der Waals surface area contributed by atoms with E-state index in [0.29, 0.717) is 5.92 Å². The Labute approximate surface area is 78.6 Å². The zero-order valence-corrected chi connectivity index (χ0v) is 8.14. The summed E-state index contributed by atoms with van der Waals surface area (Å²) >= 11 is 0. The van der Waals surface area contributed by atoms with Crippen LogP contribution in [0.3, 0.4) is 0 Å². The first kappa shape index (κ1) is 10.1. The molecule has 1 rings (SSSR count). The molecule has 2 N–H and O–H groups in total. The summed E-state index contributed by atoms with van der Waals surface area (Å²) in [7, 11) is 0. The highest BCUT2D eigenvalue weighted by atomic mass is 15.1. The van der Waals surface area contributed by atoms with Gasteiger partial charge in [0.1, 0.15) is 6.33 Å². The third kappa shape index (κ3) is 3.94. The van der Waals surface area contributed by atoms with E-state index < -0.39 is 0 Å². The third-order valence-electron chi connectivity index (χ3n) is 1.79. The second kappa shape index (κ2) is 4.87. The number of nitrogens with zero attached hydrogens (tertiary/aromatic N) is 3. The standard InChI is InChI=1S/C9H16N4/c1-7(2)3-8(10)4-9-5-12-13-6-11-9/h5-8H,3-4,10H2,1-2H3. The zero-order chi connectivity index (χ0) is 9.68. The maximum atomic E-state index is 5.92. The quantitative estimate of drug-likeness (QED) is 0.744. The molecule has 0 bridgehead atoms. The zero-order valence-electron chi connectivity index (χ0n) is 8.14. The first-order valence-corrected chi connectivity index (χ1v) is 4.55. The van der Waals surface area contributed by atoms with Gasteiger partial charge in [-0.3, -0.25) is 0 Å². The van der Waals surface area contributed by atoms with E-state index in [9.17, 15) is 0 Å². The van der Waals surface area contributed by atoms with Crippen LogP contribution in [0.25, 0.3) is 0 Å². The van der Waals surface area contributed by atoms with Crippen molar-refractivity contribution in [2.45, 2.75) is 32.7 Å². The number of hydrogen-bond donors (Lipinski definition) is 1. The van der Waals surface area contributed by atoms with Gasteiger partial charge in [-0.2, -0.15) is 5.10 Å². The minimum atomic E-state index is 0.177. The van der Waals surface area contributed by atoms with Crippen molar-refractivity contribution in [2.24, 2.45) is 11.7 Å². The van der Waals surface area contributed by atoms with E-state index in [2.05, 4.69) is 29.0 Å². The predicted molar refractivity (Wildman–Crippen MR) is 51.0 cm³/mol. The Balaban J connectivity index is 2.41. The van der Waals surface area contributed by atoms with E-state index in [4.69, 9.17) is 5.73 Å². The van der Waals surface area contributed by atoms with Crippen LogP contribution in [-0.2, 0) is 6.42 Å². The van der Waals surface area contributed by atoms with Crippen molar-refractivity contribution in [1.82, 2.24) is 15.2 Å². The van der Waals surface area contributed by atoms with Gasteiger partial charge in [0.2, 0.25) is 0 Å². The fourth-order valence-electron chi connectivity index (χ4n) is 1.33. The maximum Gasteiger partial charge on any atom is 0.138 e. The Bertz CT molecular complexity index is 235. The van der Waals surface area contributed by atoms with Gasteiger partial charge in [0, 0.05) is 12.5 Å². The van der Waals surface area contributed by atoms with Gasteiger partial charge in [-0.05, 0) is 12.3 Å². The molecule has 1 unspecified atom stereocenters. The van der Waals surface area contributed by atoms with Crippen LogP contribution in [-0.4, -0.2) is 21.2 Å². The molecule has 0 spiro atoms. The SMILES string of the molecule is CC(C)CC(N)Cc1cnncn1. The Morgan fingerprint density at radius 3 is 2.69 bits per heavy atom. The van der Waals surface area contributed by atoms with E-state index in [1.165, 1.54) is 6.33 Å². The van der Waals surface area contributed by atoms with Gasteiger partial charge in [-0.1, -0.05) is 13.8 Å². The van der Waals surface area contributed by atoms with E-state index in [1.54, 1.807) is 6.20 Å². The molecule has 0 saturated carbocycles. The molecule has 0 aliphatic heterocycles. The van der Waals surface area contributed by atoms with E-state index in [1.807, 2.05) is 0 Å². The van der Waals surface area contributed by atoms with Crippen molar-refractivity contribution in [3.05, 3.63) is 18.2 Å². The number of aromatic nitrogens is 3. The van der Waals surface area contributed by atoms with Crippen molar-refractivity contribution >= 4 is 0 Å². The van der Waals surface area contributed by atoms with Crippen molar-refractivity contribution < 1.29 is 0 Å². The van der Waals surface area contributed by atoms with Gasteiger partial charge in [0.15, 0.2) is 0 Å². The molecule has 4 heteroatoms.